The normalized spacial score (nSPS) is 12.6. The Morgan fingerprint density at radius 2 is 1.86 bits per heavy atom. The number of hydrogen-bond acceptors (Lipinski definition) is 2. The van der Waals surface area contributed by atoms with Crippen LogP contribution in [0.1, 0.15) is 29.9 Å². The number of hydrogen-bond donors (Lipinski definition) is 1. The third-order valence-corrected chi connectivity index (χ3v) is 4.43. The molecule has 2 aromatic carbocycles. The van der Waals surface area contributed by atoms with Gasteiger partial charge < -0.3 is 9.73 Å². The highest BCUT2D eigenvalue weighted by molar-refractivity contribution is 9.10. The molecule has 0 fully saturated rings. The monoisotopic (exact) mass is 343 g/mol. The van der Waals surface area contributed by atoms with E-state index in [9.17, 15) is 0 Å². The van der Waals surface area contributed by atoms with Gasteiger partial charge in [-0.05, 0) is 60.5 Å². The first-order chi connectivity index (χ1) is 10.1. The Morgan fingerprint density at radius 1 is 1.10 bits per heavy atom. The molecule has 108 valence electrons. The van der Waals surface area contributed by atoms with Crippen LogP contribution in [0.2, 0.25) is 0 Å². The number of aryl methyl sites for hydroxylation is 2. The first-order valence-corrected chi connectivity index (χ1v) is 7.86. The lowest BCUT2D eigenvalue weighted by Crippen LogP contribution is -2.07. The second-order valence-corrected chi connectivity index (χ2v) is 6.29. The predicted octanol–water partition coefficient (Wildman–Crippen LogP) is 5.99. The van der Waals surface area contributed by atoms with Crippen molar-refractivity contribution in [2.24, 2.45) is 0 Å². The average molecular weight is 344 g/mol. The van der Waals surface area contributed by atoms with Crippen molar-refractivity contribution < 1.29 is 4.42 Å². The molecule has 1 aromatic heterocycles. The zero-order valence-electron chi connectivity index (χ0n) is 12.4. The molecule has 21 heavy (non-hydrogen) atoms. The zero-order chi connectivity index (χ0) is 15.0. The van der Waals surface area contributed by atoms with Crippen molar-refractivity contribution in [2.75, 3.05) is 5.32 Å². The zero-order valence-corrected chi connectivity index (χ0v) is 14.0. The van der Waals surface area contributed by atoms with Gasteiger partial charge in [0.25, 0.3) is 0 Å². The van der Waals surface area contributed by atoms with E-state index < -0.39 is 0 Å². The second kappa shape index (κ2) is 5.57. The van der Waals surface area contributed by atoms with E-state index in [0.717, 1.165) is 21.5 Å². The summed E-state index contributed by atoms with van der Waals surface area (Å²) in [5.41, 5.74) is 4.46. The Labute approximate surface area is 133 Å². The Kier molecular flexibility index (Phi) is 3.77. The van der Waals surface area contributed by atoms with Gasteiger partial charge >= 0.3 is 0 Å². The molecule has 0 radical (unpaired) electrons. The summed E-state index contributed by atoms with van der Waals surface area (Å²) >= 11 is 3.61. The summed E-state index contributed by atoms with van der Waals surface area (Å²) < 4.78 is 7.09. The van der Waals surface area contributed by atoms with Gasteiger partial charge in [0.1, 0.15) is 11.3 Å². The molecular formula is C18H18BrNO. The van der Waals surface area contributed by atoms with E-state index in [0.29, 0.717) is 0 Å². The fourth-order valence-corrected chi connectivity index (χ4v) is 3.25. The molecule has 0 aliphatic rings. The minimum absolute atomic E-state index is 0.108. The average Bonchev–Trinajstić information content (AvgIpc) is 2.80. The van der Waals surface area contributed by atoms with Gasteiger partial charge in [0.15, 0.2) is 0 Å². The molecule has 0 bridgehead atoms. The van der Waals surface area contributed by atoms with Crippen molar-refractivity contribution in [3.8, 4) is 0 Å². The third kappa shape index (κ3) is 2.70. The molecule has 0 aliphatic heterocycles. The van der Waals surface area contributed by atoms with E-state index in [1.54, 1.807) is 0 Å². The minimum atomic E-state index is 0.108. The second-order valence-electron chi connectivity index (χ2n) is 5.44. The summed E-state index contributed by atoms with van der Waals surface area (Å²) in [4.78, 5) is 0. The molecule has 1 N–H and O–H groups in total. The van der Waals surface area contributed by atoms with Crippen LogP contribution in [0.5, 0.6) is 0 Å². The highest BCUT2D eigenvalue weighted by Gasteiger charge is 2.16. The van der Waals surface area contributed by atoms with Crippen LogP contribution in [0.4, 0.5) is 5.69 Å². The smallest absolute Gasteiger partial charge is 0.134 e. The van der Waals surface area contributed by atoms with Crippen molar-refractivity contribution in [3.63, 3.8) is 0 Å². The number of benzene rings is 2. The molecule has 0 spiro atoms. The van der Waals surface area contributed by atoms with Gasteiger partial charge in [-0.15, -0.1) is 0 Å². The molecule has 3 rings (SSSR count). The van der Waals surface area contributed by atoms with Crippen molar-refractivity contribution in [1.82, 2.24) is 0 Å². The van der Waals surface area contributed by atoms with Crippen LogP contribution in [-0.2, 0) is 0 Å². The quantitative estimate of drug-likeness (QED) is 0.632. The first-order valence-electron chi connectivity index (χ1n) is 7.07. The molecule has 3 heteroatoms. The number of anilines is 1. The molecule has 0 amide bonds. The van der Waals surface area contributed by atoms with E-state index in [1.807, 2.05) is 18.2 Å². The number of halogens is 1. The van der Waals surface area contributed by atoms with E-state index in [2.05, 4.69) is 66.3 Å². The summed E-state index contributed by atoms with van der Waals surface area (Å²) in [5.74, 6) is 0.990. The van der Waals surface area contributed by atoms with E-state index in [1.165, 1.54) is 16.5 Å². The number of para-hydroxylation sites is 1. The number of furan rings is 1. The first kappa shape index (κ1) is 14.2. The standard InChI is InChI=1S/C18H18BrNO/c1-11-8-9-16(15(19)10-11)20-13(3)18-12(2)14-6-4-5-7-17(14)21-18/h4-10,13,20H,1-3H3. The van der Waals surface area contributed by atoms with Gasteiger partial charge in [-0.25, -0.2) is 0 Å². The number of rotatable bonds is 3. The van der Waals surface area contributed by atoms with Crippen molar-refractivity contribution >= 4 is 32.6 Å². The van der Waals surface area contributed by atoms with Crippen molar-refractivity contribution in [3.05, 3.63) is 63.8 Å². The largest absolute Gasteiger partial charge is 0.459 e. The summed E-state index contributed by atoms with van der Waals surface area (Å²) in [6.07, 6.45) is 0. The molecule has 1 heterocycles. The minimum Gasteiger partial charge on any atom is -0.459 e. The van der Waals surface area contributed by atoms with Gasteiger partial charge in [-0.2, -0.15) is 0 Å². The Hall–Kier alpha value is -1.74. The Bertz CT molecular complexity index is 791. The van der Waals surface area contributed by atoms with Crippen LogP contribution in [0.15, 0.2) is 51.4 Å². The molecule has 1 unspecified atom stereocenters. The van der Waals surface area contributed by atoms with Crippen LogP contribution in [0.3, 0.4) is 0 Å². The molecule has 1 atom stereocenters. The third-order valence-electron chi connectivity index (χ3n) is 3.77. The van der Waals surface area contributed by atoms with Crippen LogP contribution in [0, 0.1) is 13.8 Å². The Balaban J connectivity index is 1.93. The highest BCUT2D eigenvalue weighted by Crippen LogP contribution is 2.33. The number of nitrogens with one attached hydrogen (secondary N) is 1. The van der Waals surface area contributed by atoms with E-state index >= 15 is 0 Å². The maximum atomic E-state index is 6.02. The fraction of sp³-hybridized carbons (Fsp3) is 0.222. The topological polar surface area (TPSA) is 25.2 Å². The lowest BCUT2D eigenvalue weighted by Gasteiger charge is -2.15. The van der Waals surface area contributed by atoms with Crippen LogP contribution < -0.4 is 5.32 Å². The highest BCUT2D eigenvalue weighted by atomic mass is 79.9. The van der Waals surface area contributed by atoms with Gasteiger partial charge in [-0.1, -0.05) is 24.3 Å². The van der Waals surface area contributed by atoms with Crippen molar-refractivity contribution in [1.29, 1.82) is 0 Å². The van der Waals surface area contributed by atoms with Crippen LogP contribution in [-0.4, -0.2) is 0 Å². The van der Waals surface area contributed by atoms with Gasteiger partial charge in [0.2, 0.25) is 0 Å². The maximum Gasteiger partial charge on any atom is 0.134 e. The van der Waals surface area contributed by atoms with Crippen LogP contribution in [0.25, 0.3) is 11.0 Å². The maximum absolute atomic E-state index is 6.02. The van der Waals surface area contributed by atoms with Crippen molar-refractivity contribution in [2.45, 2.75) is 26.8 Å². The lowest BCUT2D eigenvalue weighted by molar-refractivity contribution is 0.522. The summed E-state index contributed by atoms with van der Waals surface area (Å²) in [7, 11) is 0. The van der Waals surface area contributed by atoms with Gasteiger partial charge in [0, 0.05) is 21.1 Å². The number of fused-ring (bicyclic) bond motifs is 1. The summed E-state index contributed by atoms with van der Waals surface area (Å²) in [6, 6.07) is 14.6. The summed E-state index contributed by atoms with van der Waals surface area (Å²) in [5, 5.41) is 4.70. The molecule has 2 nitrogen and oxygen atoms in total. The molecular weight excluding hydrogens is 326 g/mol. The molecule has 0 aliphatic carbocycles. The molecule has 3 aromatic rings. The SMILES string of the molecule is Cc1ccc(NC(C)c2oc3ccccc3c2C)c(Br)c1. The van der Waals surface area contributed by atoms with Crippen LogP contribution >= 0.6 is 15.9 Å². The predicted molar refractivity (Wildman–Crippen MR) is 91.9 cm³/mol. The molecule has 0 saturated carbocycles. The molecule has 0 saturated heterocycles. The van der Waals surface area contributed by atoms with E-state index in [-0.39, 0.29) is 6.04 Å². The fourth-order valence-electron chi connectivity index (χ4n) is 2.64. The lowest BCUT2D eigenvalue weighted by atomic mass is 10.1. The Morgan fingerprint density at radius 3 is 2.57 bits per heavy atom. The summed E-state index contributed by atoms with van der Waals surface area (Å²) in [6.45, 7) is 6.32. The van der Waals surface area contributed by atoms with Gasteiger partial charge in [0.05, 0.1) is 6.04 Å². The van der Waals surface area contributed by atoms with Gasteiger partial charge in [-0.3, -0.25) is 0 Å². The van der Waals surface area contributed by atoms with E-state index in [4.69, 9.17) is 4.42 Å².